The summed E-state index contributed by atoms with van der Waals surface area (Å²) in [6.07, 6.45) is 3.73. The predicted octanol–water partition coefficient (Wildman–Crippen LogP) is 4.41. The van der Waals surface area contributed by atoms with Crippen LogP contribution in [0.4, 0.5) is 0 Å². The first-order chi connectivity index (χ1) is 16.7. The normalized spacial score (nSPS) is 10.3. The van der Waals surface area contributed by atoms with E-state index in [1.165, 1.54) is 0 Å². The van der Waals surface area contributed by atoms with Crippen molar-refractivity contribution in [2.75, 3.05) is 0 Å². The van der Waals surface area contributed by atoms with Gasteiger partial charge in [-0.3, -0.25) is 0 Å². The van der Waals surface area contributed by atoms with E-state index in [-0.39, 0.29) is 21.6 Å². The molecule has 0 radical (unpaired) electrons. The van der Waals surface area contributed by atoms with Crippen molar-refractivity contribution in [1.29, 1.82) is 0 Å². The molecule has 35 heavy (non-hydrogen) atoms. The molecule has 0 amide bonds. The molecule has 0 aliphatic carbocycles. The molecule has 0 bridgehead atoms. The second-order valence-electron chi connectivity index (χ2n) is 7.87. The minimum absolute atomic E-state index is 0. The van der Waals surface area contributed by atoms with Crippen molar-refractivity contribution < 1.29 is 20.2 Å². The fourth-order valence-corrected chi connectivity index (χ4v) is 4.12. The Bertz CT molecular complexity index is 1470. The number of fused-ring (bicyclic) bond motifs is 2. The maximum Gasteiger partial charge on any atom is 2.00 e. The molecule has 0 spiro atoms. The number of benzene rings is 4. The molecule has 2 aromatic heterocycles. The van der Waals surface area contributed by atoms with E-state index in [9.17, 15) is 10.2 Å². The summed E-state index contributed by atoms with van der Waals surface area (Å²) in [6, 6.07) is 34.2. The Morgan fingerprint density at radius 1 is 0.429 bits per heavy atom. The first kappa shape index (κ1) is 23.6. The van der Waals surface area contributed by atoms with E-state index in [0.29, 0.717) is 11.1 Å². The van der Waals surface area contributed by atoms with Gasteiger partial charge in [-0.1, -0.05) is 84.3 Å². The Hall–Kier alpha value is -4.53. The van der Waals surface area contributed by atoms with Crippen LogP contribution in [-0.4, -0.2) is 10.1 Å². The number of nitrogens with one attached hydrogen (secondary N) is 2. The number of H-pyrrole nitrogens is 2. The number of hydrogen-bond donors (Lipinski definition) is 0. The average Bonchev–Trinajstić information content (AvgIpc) is 2.89. The number of aromatic amines is 2. The van der Waals surface area contributed by atoms with Crippen LogP contribution in [0, 0.1) is 0 Å². The molecule has 2 N–H and O–H groups in total. The van der Waals surface area contributed by atoms with Crippen LogP contribution >= 0.6 is 0 Å². The monoisotopic (exact) mass is 451 g/mol. The summed E-state index contributed by atoms with van der Waals surface area (Å²) in [5.41, 5.74) is 3.19. The molecule has 0 saturated carbocycles. The molecule has 0 aliphatic heterocycles. The van der Waals surface area contributed by atoms with Crippen LogP contribution < -0.4 is 20.2 Å². The maximum atomic E-state index is 11.8. The molecule has 0 fully saturated rings. The second-order valence-corrected chi connectivity index (χ2v) is 7.87. The first-order valence-electron chi connectivity index (χ1n) is 11.0. The number of pyridine rings is 2. The van der Waals surface area contributed by atoms with E-state index < -0.39 is 0 Å². The minimum atomic E-state index is 0. The first-order valence-corrected chi connectivity index (χ1v) is 11.0. The summed E-state index contributed by atoms with van der Waals surface area (Å²) in [4.78, 5) is 6.34. The third-order valence-corrected chi connectivity index (χ3v) is 5.75. The summed E-state index contributed by atoms with van der Waals surface area (Å²) in [7, 11) is 0. The van der Waals surface area contributed by atoms with Crippen LogP contribution in [0.25, 0.3) is 44.1 Å². The number of hydrogen-bond acceptors (Lipinski definition) is 2. The van der Waals surface area contributed by atoms with Gasteiger partial charge >= 0.3 is 10.1 Å². The van der Waals surface area contributed by atoms with Crippen LogP contribution in [0.15, 0.2) is 122 Å². The molecule has 6 rings (SSSR count). The van der Waals surface area contributed by atoms with Gasteiger partial charge in [0.05, 0.1) is 10.8 Å². The fraction of sp³-hybridized carbons (Fsp3) is 0. The Morgan fingerprint density at radius 2 is 0.800 bits per heavy atom. The predicted molar refractivity (Wildman–Crippen MR) is 137 cm³/mol. The quantitative estimate of drug-likeness (QED) is 0.366. The average molecular weight is 452 g/mol. The Kier molecular flexibility index (Phi) is 7.15. The van der Waals surface area contributed by atoms with Crippen LogP contribution in [0.2, 0.25) is 0 Å². The molecule has 4 nitrogen and oxygen atoms in total. The summed E-state index contributed by atoms with van der Waals surface area (Å²) in [6.45, 7) is 0. The van der Waals surface area contributed by atoms with Gasteiger partial charge in [0, 0.05) is 23.3 Å². The van der Waals surface area contributed by atoms with Crippen LogP contribution in [0.3, 0.4) is 0 Å². The number of para-hydroxylation sites is 2. The van der Waals surface area contributed by atoms with Crippen molar-refractivity contribution in [2.45, 2.75) is 0 Å². The Morgan fingerprint density at radius 3 is 1.23 bits per heavy atom. The van der Waals surface area contributed by atoms with E-state index in [0.717, 1.165) is 32.9 Å². The van der Waals surface area contributed by atoms with Gasteiger partial charge < -0.3 is 10.2 Å². The molecule has 2 heterocycles. The molecule has 6 aromatic rings. The van der Waals surface area contributed by atoms with Gasteiger partial charge in [-0.25, -0.2) is 9.97 Å². The fourth-order valence-electron chi connectivity index (χ4n) is 4.12. The van der Waals surface area contributed by atoms with Crippen LogP contribution in [-0.2, 0) is 0 Å². The molecule has 0 aliphatic rings. The van der Waals surface area contributed by atoms with Gasteiger partial charge in [0.15, 0.2) is 12.4 Å². The molecule has 0 saturated heterocycles. The molecule has 4 aromatic carbocycles. The third kappa shape index (κ3) is 4.88. The molecule has 5 heteroatoms. The maximum absolute atomic E-state index is 11.8. The molecular weight excluding hydrogens is 429 g/mol. The molecule has 0 atom stereocenters. The van der Waals surface area contributed by atoms with Crippen molar-refractivity contribution in [3.8, 4) is 34.0 Å². The zero-order chi connectivity index (χ0) is 23.3. The van der Waals surface area contributed by atoms with Crippen molar-refractivity contribution in [1.82, 2.24) is 0 Å². The molecule has 0 unspecified atom stereocenters. The van der Waals surface area contributed by atoms with Crippen LogP contribution in [0.1, 0.15) is 0 Å². The van der Waals surface area contributed by atoms with Crippen molar-refractivity contribution in [3.63, 3.8) is 0 Å². The van der Waals surface area contributed by atoms with Crippen molar-refractivity contribution in [2.24, 2.45) is 0 Å². The van der Waals surface area contributed by atoms with Gasteiger partial charge in [0.25, 0.3) is 0 Å². The topological polar surface area (TPSA) is 74.4 Å². The van der Waals surface area contributed by atoms with E-state index >= 15 is 0 Å². The molecule has 164 valence electrons. The SMILES string of the molecule is [Be+2].[O-]c1ccccc1-c1[nH+]ccc2ccccc12.[O-]c1ccccc1-c1[nH+]ccc2ccccc12. The Balaban J connectivity index is 0.000000160. The standard InChI is InChI=1S/2C15H11NO.Be/c2*17-14-8-4-3-7-13(14)15-12-6-2-1-5-11(12)9-10-16-15;/h2*1-10,17H;/q;;+2. The zero-order valence-electron chi connectivity index (χ0n) is 19.1. The van der Waals surface area contributed by atoms with Gasteiger partial charge in [0.1, 0.15) is 0 Å². The van der Waals surface area contributed by atoms with E-state index in [2.05, 4.69) is 9.97 Å². The Labute approximate surface area is 207 Å². The summed E-state index contributed by atoms with van der Waals surface area (Å²) in [5.74, 6) is 0.0835. The second kappa shape index (κ2) is 10.6. The van der Waals surface area contributed by atoms with Gasteiger partial charge in [-0.15, -0.1) is 0 Å². The van der Waals surface area contributed by atoms with Gasteiger partial charge in [-0.05, 0) is 35.0 Å². The number of rotatable bonds is 2. The van der Waals surface area contributed by atoms with E-state index in [4.69, 9.17) is 0 Å². The van der Waals surface area contributed by atoms with E-state index in [1.807, 2.05) is 97.3 Å². The van der Waals surface area contributed by atoms with Gasteiger partial charge in [0.2, 0.25) is 11.4 Å². The largest absolute Gasteiger partial charge is 2.00 e. The summed E-state index contributed by atoms with van der Waals surface area (Å²) in [5, 5.41) is 28.1. The minimum Gasteiger partial charge on any atom is -0.872 e. The van der Waals surface area contributed by atoms with Crippen molar-refractivity contribution >= 4 is 31.7 Å². The third-order valence-electron chi connectivity index (χ3n) is 5.75. The van der Waals surface area contributed by atoms with E-state index in [1.54, 1.807) is 24.3 Å². The zero-order valence-corrected chi connectivity index (χ0v) is 19.1. The summed E-state index contributed by atoms with van der Waals surface area (Å²) >= 11 is 0. The molecular formula is C30H22BeN2O2+2. The van der Waals surface area contributed by atoms with Gasteiger partial charge in [-0.2, -0.15) is 0 Å². The van der Waals surface area contributed by atoms with Crippen molar-refractivity contribution in [3.05, 3.63) is 122 Å². The smallest absolute Gasteiger partial charge is 0.872 e. The van der Waals surface area contributed by atoms with Crippen LogP contribution in [0.5, 0.6) is 11.5 Å². The summed E-state index contributed by atoms with van der Waals surface area (Å²) < 4.78 is 0. The number of aromatic nitrogens is 2.